The number of allylic oxidation sites excluding steroid dienone is 3. The minimum Gasteiger partial charge on any atom is -0.494 e. The number of anilines is 2. The van der Waals surface area contributed by atoms with Crippen molar-refractivity contribution >= 4 is 40.1 Å². The second-order valence-electron chi connectivity index (χ2n) is 14.2. The van der Waals surface area contributed by atoms with Gasteiger partial charge in [0.2, 0.25) is 5.91 Å². The summed E-state index contributed by atoms with van der Waals surface area (Å²) in [4.78, 5) is 50.5. The molecule has 2 aliphatic rings. The van der Waals surface area contributed by atoms with Gasteiger partial charge in [-0.25, -0.2) is 9.78 Å². The quantitative estimate of drug-likeness (QED) is 0.117. The molecule has 1 saturated heterocycles. The van der Waals surface area contributed by atoms with Gasteiger partial charge in [0.1, 0.15) is 11.4 Å². The summed E-state index contributed by atoms with van der Waals surface area (Å²) in [6.45, 7) is 20.3. The predicted molar refractivity (Wildman–Crippen MR) is 209 cm³/mol. The molecule has 1 fully saturated rings. The van der Waals surface area contributed by atoms with Crippen molar-refractivity contribution in [3.05, 3.63) is 94.4 Å². The lowest BCUT2D eigenvalue weighted by atomic mass is 10.0. The standard InChI is InChI=1S/C41H51N5O5S/c1-8-12-34(28(3)9-2)38(48)46-19-17-31-27-32(15-16-35(31)46)37-29(4)52-39(43-37)42-36(47)26-30-13-10-14-33(25-30)50-24-11-18-44-20-22-45(23-21-44)40(49)51-41(5,6)7/h8-10,12-16,25,27H,2,11,17-24,26H2,1,3-7H3,(H,42,43,47)/b12-8-,34-28+. The molecule has 0 radical (unpaired) electrons. The number of nitrogens with zero attached hydrogens (tertiary/aromatic N) is 4. The second-order valence-corrected chi connectivity index (χ2v) is 15.4. The number of ether oxygens (including phenoxy) is 2. The maximum Gasteiger partial charge on any atom is 0.410 e. The van der Waals surface area contributed by atoms with Gasteiger partial charge in [-0.2, -0.15) is 0 Å². The number of aromatic nitrogens is 1. The molecule has 0 saturated carbocycles. The highest BCUT2D eigenvalue weighted by Gasteiger charge is 2.28. The number of nitrogens with one attached hydrogen (secondary N) is 1. The zero-order valence-corrected chi connectivity index (χ0v) is 32.1. The summed E-state index contributed by atoms with van der Waals surface area (Å²) in [5.41, 5.74) is 5.65. The molecular formula is C41H51N5O5S. The van der Waals surface area contributed by atoms with Gasteiger partial charge in [-0.15, -0.1) is 11.3 Å². The Labute approximate surface area is 311 Å². The molecule has 3 aromatic rings. The molecule has 0 spiro atoms. The lowest BCUT2D eigenvalue weighted by molar-refractivity contribution is -0.116. The average Bonchev–Trinajstić information content (AvgIpc) is 3.70. The average molecular weight is 726 g/mol. The van der Waals surface area contributed by atoms with Crippen molar-refractivity contribution in [1.29, 1.82) is 0 Å². The number of piperazine rings is 1. The van der Waals surface area contributed by atoms with Crippen LogP contribution in [0.5, 0.6) is 5.75 Å². The van der Waals surface area contributed by atoms with E-state index in [1.54, 1.807) is 11.0 Å². The second kappa shape index (κ2) is 17.2. The number of aryl methyl sites for hydroxylation is 1. The molecule has 0 aliphatic carbocycles. The lowest BCUT2D eigenvalue weighted by Crippen LogP contribution is -2.50. The molecule has 5 rings (SSSR count). The van der Waals surface area contributed by atoms with Gasteiger partial charge in [-0.05, 0) is 95.3 Å². The zero-order chi connectivity index (χ0) is 37.4. The molecule has 2 aliphatic heterocycles. The third-order valence-electron chi connectivity index (χ3n) is 9.01. The van der Waals surface area contributed by atoms with Crippen LogP contribution in [-0.2, 0) is 27.2 Å². The summed E-state index contributed by atoms with van der Waals surface area (Å²) in [6, 6.07) is 13.7. The fourth-order valence-electron chi connectivity index (χ4n) is 6.32. The predicted octanol–water partition coefficient (Wildman–Crippen LogP) is 7.59. The Morgan fingerprint density at radius 2 is 1.83 bits per heavy atom. The number of rotatable bonds is 12. The first-order valence-electron chi connectivity index (χ1n) is 18.0. The minimum atomic E-state index is -0.489. The van der Waals surface area contributed by atoms with E-state index in [2.05, 4.69) is 22.9 Å². The van der Waals surface area contributed by atoms with Crippen LogP contribution in [0.25, 0.3) is 11.3 Å². The summed E-state index contributed by atoms with van der Waals surface area (Å²) in [6.07, 6.45) is 6.99. The van der Waals surface area contributed by atoms with Crippen LogP contribution in [0.1, 0.15) is 57.0 Å². The molecule has 0 unspecified atom stereocenters. The van der Waals surface area contributed by atoms with E-state index in [0.29, 0.717) is 36.9 Å². The van der Waals surface area contributed by atoms with Crippen LogP contribution in [0.3, 0.4) is 0 Å². The van der Waals surface area contributed by atoms with E-state index in [4.69, 9.17) is 14.5 Å². The van der Waals surface area contributed by atoms with Crippen molar-refractivity contribution in [2.75, 3.05) is 56.1 Å². The first-order valence-corrected chi connectivity index (χ1v) is 18.8. The lowest BCUT2D eigenvalue weighted by Gasteiger charge is -2.35. The summed E-state index contributed by atoms with van der Waals surface area (Å²) < 4.78 is 11.5. The van der Waals surface area contributed by atoms with Crippen LogP contribution in [0.15, 0.2) is 78.4 Å². The molecule has 10 nitrogen and oxygen atoms in total. The Bertz CT molecular complexity index is 1850. The van der Waals surface area contributed by atoms with Crippen molar-refractivity contribution in [2.45, 2.75) is 66.4 Å². The Morgan fingerprint density at radius 3 is 2.54 bits per heavy atom. The summed E-state index contributed by atoms with van der Waals surface area (Å²) in [5, 5.41) is 3.53. The van der Waals surface area contributed by atoms with Gasteiger partial charge in [0.15, 0.2) is 5.13 Å². The number of hydrogen-bond acceptors (Lipinski definition) is 8. The number of carbonyl (C=O) groups is 3. The first kappa shape index (κ1) is 38.5. The molecule has 3 amide bonds. The van der Waals surface area contributed by atoms with E-state index in [-0.39, 0.29) is 24.3 Å². The Morgan fingerprint density at radius 1 is 1.06 bits per heavy atom. The number of amides is 3. The molecule has 1 aromatic heterocycles. The van der Waals surface area contributed by atoms with Gasteiger partial charge in [-0.3, -0.25) is 14.5 Å². The van der Waals surface area contributed by atoms with Crippen molar-refractivity contribution in [3.63, 3.8) is 0 Å². The number of fused-ring (bicyclic) bond motifs is 1. The monoisotopic (exact) mass is 725 g/mol. The molecule has 0 atom stereocenters. The van der Waals surface area contributed by atoms with E-state index in [1.165, 1.54) is 11.3 Å². The highest BCUT2D eigenvalue weighted by molar-refractivity contribution is 7.16. The molecule has 2 aromatic carbocycles. The Hall–Kier alpha value is -4.74. The fourth-order valence-corrected chi connectivity index (χ4v) is 7.18. The van der Waals surface area contributed by atoms with Gasteiger partial charge in [-0.1, -0.05) is 43.0 Å². The normalized spacial score (nSPS) is 15.3. The van der Waals surface area contributed by atoms with Gasteiger partial charge in [0.05, 0.1) is 18.7 Å². The summed E-state index contributed by atoms with van der Waals surface area (Å²) in [7, 11) is 0. The fraction of sp³-hybridized carbons (Fsp3) is 0.415. The molecular weight excluding hydrogens is 675 g/mol. The van der Waals surface area contributed by atoms with Crippen molar-refractivity contribution in [2.24, 2.45) is 0 Å². The molecule has 3 heterocycles. The minimum absolute atomic E-state index is 0.0300. The first-order chi connectivity index (χ1) is 24.8. The highest BCUT2D eigenvalue weighted by Crippen LogP contribution is 2.36. The van der Waals surface area contributed by atoms with Crippen LogP contribution in [0, 0.1) is 6.92 Å². The Balaban J connectivity index is 1.10. The topological polar surface area (TPSA) is 104 Å². The van der Waals surface area contributed by atoms with Gasteiger partial charge in [0.25, 0.3) is 5.91 Å². The van der Waals surface area contributed by atoms with Crippen LogP contribution >= 0.6 is 11.3 Å². The number of hydrogen-bond donors (Lipinski definition) is 1. The highest BCUT2D eigenvalue weighted by atomic mass is 32.1. The number of thiazole rings is 1. The molecule has 0 bridgehead atoms. The SMILES string of the molecule is C=C/C(C)=C(\C=C/C)C(=O)N1CCc2cc(-c3nc(NC(=O)Cc4cccc(OCCCN5CCN(C(=O)OC(C)(C)C)CC5)c4)sc3C)ccc21. The molecule has 1 N–H and O–H groups in total. The zero-order valence-electron chi connectivity index (χ0n) is 31.3. The Kier molecular flexibility index (Phi) is 12.7. The van der Waals surface area contributed by atoms with E-state index in [1.807, 2.05) is 95.0 Å². The van der Waals surface area contributed by atoms with Crippen LogP contribution in [-0.4, -0.2) is 84.2 Å². The molecule has 52 heavy (non-hydrogen) atoms. The largest absolute Gasteiger partial charge is 0.494 e. The van der Waals surface area contributed by atoms with Crippen LogP contribution in [0.2, 0.25) is 0 Å². The van der Waals surface area contributed by atoms with E-state index in [9.17, 15) is 14.4 Å². The van der Waals surface area contributed by atoms with E-state index in [0.717, 1.165) is 76.7 Å². The maximum absolute atomic E-state index is 13.4. The number of carbonyl (C=O) groups excluding carboxylic acids is 3. The van der Waals surface area contributed by atoms with Gasteiger partial charge >= 0.3 is 6.09 Å². The third kappa shape index (κ3) is 9.98. The maximum atomic E-state index is 13.4. The third-order valence-corrected chi connectivity index (χ3v) is 9.89. The smallest absolute Gasteiger partial charge is 0.410 e. The van der Waals surface area contributed by atoms with E-state index >= 15 is 0 Å². The summed E-state index contributed by atoms with van der Waals surface area (Å²) >= 11 is 1.45. The molecule has 11 heteroatoms. The van der Waals surface area contributed by atoms with Gasteiger partial charge < -0.3 is 24.6 Å². The van der Waals surface area contributed by atoms with Crippen LogP contribution < -0.4 is 15.0 Å². The van der Waals surface area contributed by atoms with E-state index < -0.39 is 5.60 Å². The van der Waals surface area contributed by atoms with Gasteiger partial charge in [0, 0.05) is 61.0 Å². The van der Waals surface area contributed by atoms with Crippen LogP contribution in [0.4, 0.5) is 15.6 Å². The number of benzene rings is 2. The van der Waals surface area contributed by atoms with Crippen molar-refractivity contribution in [3.8, 4) is 17.0 Å². The van der Waals surface area contributed by atoms with Crippen molar-refractivity contribution < 1.29 is 23.9 Å². The van der Waals surface area contributed by atoms with Crippen molar-refractivity contribution in [1.82, 2.24) is 14.8 Å². The summed E-state index contributed by atoms with van der Waals surface area (Å²) in [5.74, 6) is 0.553. The molecule has 276 valence electrons.